The molecule has 1 saturated heterocycles. The lowest BCUT2D eigenvalue weighted by Gasteiger charge is -2.31. The minimum atomic E-state index is -0.330. The van der Waals surface area contributed by atoms with E-state index in [1.54, 1.807) is 24.1 Å². The summed E-state index contributed by atoms with van der Waals surface area (Å²) in [5.41, 5.74) is 0.438. The summed E-state index contributed by atoms with van der Waals surface area (Å²) in [7, 11) is 1.69. The first-order valence-corrected chi connectivity index (χ1v) is 7.14. The molecule has 1 aromatic carbocycles. The van der Waals surface area contributed by atoms with Crippen LogP contribution in [0.3, 0.4) is 0 Å². The fourth-order valence-corrected chi connectivity index (χ4v) is 2.70. The quantitative estimate of drug-likeness (QED) is 0.853. The number of amides is 1. The second-order valence-electron chi connectivity index (χ2n) is 4.73. The van der Waals surface area contributed by atoms with Gasteiger partial charge in [-0.1, -0.05) is 15.9 Å². The van der Waals surface area contributed by atoms with E-state index in [1.165, 1.54) is 6.07 Å². The highest BCUT2D eigenvalue weighted by Crippen LogP contribution is 2.18. The van der Waals surface area contributed by atoms with E-state index in [4.69, 9.17) is 4.74 Å². The van der Waals surface area contributed by atoms with Crippen molar-refractivity contribution < 1.29 is 13.9 Å². The van der Waals surface area contributed by atoms with Crippen LogP contribution in [0.1, 0.15) is 18.4 Å². The van der Waals surface area contributed by atoms with Crippen LogP contribution in [-0.2, 0) is 16.0 Å². The number of hydrogen-bond acceptors (Lipinski definition) is 2. The van der Waals surface area contributed by atoms with Crippen molar-refractivity contribution in [2.45, 2.75) is 25.4 Å². The predicted octanol–water partition coefficient (Wildman–Crippen LogP) is 2.77. The summed E-state index contributed by atoms with van der Waals surface area (Å²) in [6.45, 7) is 1.37. The van der Waals surface area contributed by atoms with Crippen molar-refractivity contribution in [3.8, 4) is 0 Å². The normalized spacial score (nSPS) is 16.7. The van der Waals surface area contributed by atoms with Crippen molar-refractivity contribution >= 4 is 21.8 Å². The Kier molecular flexibility index (Phi) is 4.93. The van der Waals surface area contributed by atoms with Gasteiger partial charge in [-0.3, -0.25) is 4.79 Å². The number of benzene rings is 1. The number of methoxy groups -OCH3 is 1. The molecule has 2 rings (SSSR count). The van der Waals surface area contributed by atoms with Crippen molar-refractivity contribution in [1.82, 2.24) is 4.90 Å². The Morgan fingerprint density at radius 2 is 2.16 bits per heavy atom. The third kappa shape index (κ3) is 3.76. The van der Waals surface area contributed by atoms with Crippen LogP contribution < -0.4 is 0 Å². The SMILES string of the molecule is COC1CCN(C(=O)Cc2cc(Br)ccc2F)CC1. The largest absolute Gasteiger partial charge is 0.381 e. The van der Waals surface area contributed by atoms with E-state index in [2.05, 4.69) is 15.9 Å². The second-order valence-corrected chi connectivity index (χ2v) is 5.64. The van der Waals surface area contributed by atoms with Gasteiger partial charge in [-0.25, -0.2) is 4.39 Å². The molecule has 0 N–H and O–H groups in total. The first kappa shape index (κ1) is 14.5. The molecule has 0 unspecified atom stereocenters. The molecule has 19 heavy (non-hydrogen) atoms. The molecular weight excluding hydrogens is 313 g/mol. The lowest BCUT2D eigenvalue weighted by Crippen LogP contribution is -2.41. The Labute approximate surface area is 120 Å². The number of hydrogen-bond donors (Lipinski definition) is 0. The molecule has 1 heterocycles. The van der Waals surface area contributed by atoms with Crippen LogP contribution >= 0.6 is 15.9 Å². The van der Waals surface area contributed by atoms with Crippen LogP contribution in [0.5, 0.6) is 0 Å². The second kappa shape index (κ2) is 6.48. The fourth-order valence-electron chi connectivity index (χ4n) is 2.29. The van der Waals surface area contributed by atoms with E-state index in [0.717, 1.165) is 17.3 Å². The van der Waals surface area contributed by atoms with Crippen molar-refractivity contribution in [3.05, 3.63) is 34.1 Å². The monoisotopic (exact) mass is 329 g/mol. The highest BCUT2D eigenvalue weighted by atomic mass is 79.9. The van der Waals surface area contributed by atoms with E-state index in [1.807, 2.05) is 0 Å². The van der Waals surface area contributed by atoms with Crippen LogP contribution in [0.25, 0.3) is 0 Å². The van der Waals surface area contributed by atoms with Crippen molar-refractivity contribution in [2.24, 2.45) is 0 Å². The number of nitrogens with zero attached hydrogens (tertiary/aromatic N) is 1. The average molecular weight is 330 g/mol. The van der Waals surface area contributed by atoms with Crippen molar-refractivity contribution in [3.63, 3.8) is 0 Å². The minimum absolute atomic E-state index is 0.0217. The Bertz CT molecular complexity index is 459. The first-order chi connectivity index (χ1) is 9.10. The molecule has 1 amide bonds. The molecule has 1 aromatic rings. The smallest absolute Gasteiger partial charge is 0.227 e. The van der Waals surface area contributed by atoms with Gasteiger partial charge in [0.2, 0.25) is 5.91 Å². The molecule has 0 atom stereocenters. The van der Waals surface area contributed by atoms with E-state index >= 15 is 0 Å². The third-order valence-corrected chi connectivity index (χ3v) is 3.97. The molecule has 5 heteroatoms. The van der Waals surface area contributed by atoms with E-state index < -0.39 is 0 Å². The molecule has 0 saturated carbocycles. The summed E-state index contributed by atoms with van der Waals surface area (Å²) in [5.74, 6) is -0.352. The zero-order valence-electron chi connectivity index (χ0n) is 10.9. The number of halogens is 2. The molecule has 0 aliphatic carbocycles. The molecule has 0 spiro atoms. The fraction of sp³-hybridized carbons (Fsp3) is 0.500. The summed E-state index contributed by atoms with van der Waals surface area (Å²) in [6, 6.07) is 4.67. The molecular formula is C14H17BrFNO2. The summed E-state index contributed by atoms with van der Waals surface area (Å²) < 4.78 is 19.7. The lowest BCUT2D eigenvalue weighted by atomic mass is 10.1. The molecule has 104 valence electrons. The van der Waals surface area contributed by atoms with Gasteiger partial charge in [0.05, 0.1) is 12.5 Å². The number of rotatable bonds is 3. The van der Waals surface area contributed by atoms with Gasteiger partial charge in [-0.05, 0) is 36.6 Å². The molecule has 3 nitrogen and oxygen atoms in total. The van der Waals surface area contributed by atoms with Crippen LogP contribution in [0.2, 0.25) is 0 Å². The van der Waals surface area contributed by atoms with Gasteiger partial charge in [0.25, 0.3) is 0 Å². The predicted molar refractivity (Wildman–Crippen MR) is 74.4 cm³/mol. The number of piperidine rings is 1. The number of likely N-dealkylation sites (tertiary alicyclic amines) is 1. The zero-order valence-corrected chi connectivity index (χ0v) is 12.5. The Morgan fingerprint density at radius 3 is 2.79 bits per heavy atom. The van der Waals surface area contributed by atoms with Crippen molar-refractivity contribution in [2.75, 3.05) is 20.2 Å². The molecule has 0 bridgehead atoms. The standard InChI is InChI=1S/C14H17BrFNO2/c1-19-12-4-6-17(7-5-12)14(18)9-10-8-11(15)2-3-13(10)16/h2-3,8,12H,4-7,9H2,1H3. The first-order valence-electron chi connectivity index (χ1n) is 6.34. The molecule has 0 radical (unpaired) electrons. The van der Waals surface area contributed by atoms with E-state index in [-0.39, 0.29) is 24.2 Å². The van der Waals surface area contributed by atoms with Gasteiger partial charge in [0.15, 0.2) is 0 Å². The maximum atomic E-state index is 13.6. The molecule has 1 aliphatic heterocycles. The van der Waals surface area contributed by atoms with Gasteiger partial charge >= 0.3 is 0 Å². The highest BCUT2D eigenvalue weighted by Gasteiger charge is 2.23. The topological polar surface area (TPSA) is 29.5 Å². The zero-order chi connectivity index (χ0) is 13.8. The Hall–Kier alpha value is -0.940. The summed E-state index contributed by atoms with van der Waals surface area (Å²) in [4.78, 5) is 13.9. The van der Waals surface area contributed by atoms with Gasteiger partial charge in [0, 0.05) is 24.7 Å². The number of ether oxygens (including phenoxy) is 1. The summed E-state index contributed by atoms with van der Waals surface area (Å²) >= 11 is 3.29. The van der Waals surface area contributed by atoms with E-state index in [0.29, 0.717) is 18.7 Å². The third-order valence-electron chi connectivity index (χ3n) is 3.48. The number of carbonyl (C=O) groups is 1. The van der Waals surface area contributed by atoms with Crippen LogP contribution in [0, 0.1) is 5.82 Å². The molecule has 1 fully saturated rings. The average Bonchev–Trinajstić information content (AvgIpc) is 2.43. The van der Waals surface area contributed by atoms with Crippen LogP contribution in [0.4, 0.5) is 4.39 Å². The van der Waals surface area contributed by atoms with Gasteiger partial charge in [0.1, 0.15) is 5.82 Å². The minimum Gasteiger partial charge on any atom is -0.381 e. The Morgan fingerprint density at radius 1 is 1.47 bits per heavy atom. The maximum absolute atomic E-state index is 13.6. The maximum Gasteiger partial charge on any atom is 0.227 e. The van der Waals surface area contributed by atoms with Crippen molar-refractivity contribution in [1.29, 1.82) is 0 Å². The van der Waals surface area contributed by atoms with Crippen LogP contribution in [0.15, 0.2) is 22.7 Å². The van der Waals surface area contributed by atoms with E-state index in [9.17, 15) is 9.18 Å². The molecule has 1 aliphatic rings. The molecule has 0 aromatic heterocycles. The van der Waals surface area contributed by atoms with Gasteiger partial charge < -0.3 is 9.64 Å². The Balaban J connectivity index is 1.96. The van der Waals surface area contributed by atoms with Crippen LogP contribution in [-0.4, -0.2) is 37.1 Å². The highest BCUT2D eigenvalue weighted by molar-refractivity contribution is 9.10. The summed E-state index contributed by atoms with van der Waals surface area (Å²) in [6.07, 6.45) is 2.06. The number of carbonyl (C=O) groups excluding carboxylic acids is 1. The summed E-state index contributed by atoms with van der Waals surface area (Å²) in [5, 5.41) is 0. The lowest BCUT2D eigenvalue weighted by molar-refractivity contribution is -0.132. The van der Waals surface area contributed by atoms with Gasteiger partial charge in [-0.2, -0.15) is 0 Å². The van der Waals surface area contributed by atoms with Gasteiger partial charge in [-0.15, -0.1) is 0 Å².